The molecule has 0 spiro atoms. The molecule has 1 aliphatic heterocycles. The lowest BCUT2D eigenvalue weighted by molar-refractivity contribution is 0.102. The summed E-state index contributed by atoms with van der Waals surface area (Å²) in [6.07, 6.45) is 6.79. The Morgan fingerprint density at radius 3 is 2.76 bits per heavy atom. The number of oxazole rings is 1. The SMILES string of the molecule is Cl.Cl.N[C@H]1CCCN(c2ccncc2NC(=O)c2coc(-c3ccc4ccccc4c3)n2)C1. The maximum Gasteiger partial charge on any atom is 0.277 e. The first-order chi connectivity index (χ1) is 15.2. The zero-order valence-corrected chi connectivity index (χ0v) is 19.4. The van der Waals surface area contributed by atoms with Gasteiger partial charge in [-0.1, -0.05) is 30.3 Å². The Labute approximate surface area is 204 Å². The maximum absolute atomic E-state index is 12.9. The van der Waals surface area contributed by atoms with Crippen LogP contribution in [0.15, 0.2) is 71.6 Å². The number of carbonyl (C=O) groups is 1. The second kappa shape index (κ2) is 10.7. The van der Waals surface area contributed by atoms with Gasteiger partial charge in [0.15, 0.2) is 5.69 Å². The van der Waals surface area contributed by atoms with E-state index in [0.717, 1.165) is 48.0 Å². The lowest BCUT2D eigenvalue weighted by atomic mass is 10.1. The highest BCUT2D eigenvalue weighted by atomic mass is 35.5. The molecular formula is C24H25Cl2N5O2. The quantitative estimate of drug-likeness (QED) is 0.425. The number of pyridine rings is 1. The third kappa shape index (κ3) is 5.27. The number of carbonyl (C=O) groups excluding carboxylic acids is 1. The number of anilines is 2. The van der Waals surface area contributed by atoms with Gasteiger partial charge in [-0.3, -0.25) is 9.78 Å². The number of nitrogens with one attached hydrogen (secondary N) is 1. The number of hydrogen-bond donors (Lipinski definition) is 2. The molecule has 0 saturated carbocycles. The maximum atomic E-state index is 12.9. The summed E-state index contributed by atoms with van der Waals surface area (Å²) in [5.74, 6) is 0.0654. The van der Waals surface area contributed by atoms with Crippen LogP contribution >= 0.6 is 24.8 Å². The zero-order valence-electron chi connectivity index (χ0n) is 17.8. The Morgan fingerprint density at radius 1 is 1.12 bits per heavy atom. The van der Waals surface area contributed by atoms with Gasteiger partial charge in [-0.25, -0.2) is 4.98 Å². The predicted molar refractivity (Wildman–Crippen MR) is 136 cm³/mol. The molecule has 1 saturated heterocycles. The van der Waals surface area contributed by atoms with Crippen LogP contribution in [0.1, 0.15) is 23.3 Å². The lowest BCUT2D eigenvalue weighted by Crippen LogP contribution is -2.43. The number of aromatic nitrogens is 2. The predicted octanol–water partition coefficient (Wildman–Crippen LogP) is 4.91. The smallest absolute Gasteiger partial charge is 0.277 e. The molecule has 9 heteroatoms. The van der Waals surface area contributed by atoms with Crippen LogP contribution in [0.2, 0.25) is 0 Å². The van der Waals surface area contributed by atoms with Crippen LogP contribution in [0.5, 0.6) is 0 Å². The first-order valence-corrected chi connectivity index (χ1v) is 10.4. The van der Waals surface area contributed by atoms with Crippen molar-refractivity contribution in [3.63, 3.8) is 0 Å². The summed E-state index contributed by atoms with van der Waals surface area (Å²) in [7, 11) is 0. The zero-order chi connectivity index (χ0) is 21.2. The largest absolute Gasteiger partial charge is 0.444 e. The first kappa shape index (κ1) is 24.5. The van der Waals surface area contributed by atoms with E-state index in [1.807, 2.05) is 48.5 Å². The molecule has 1 amide bonds. The lowest BCUT2D eigenvalue weighted by Gasteiger charge is -2.33. The van der Waals surface area contributed by atoms with E-state index in [-0.39, 0.29) is 42.5 Å². The summed E-state index contributed by atoms with van der Waals surface area (Å²) in [6.45, 7) is 1.65. The number of hydrogen-bond acceptors (Lipinski definition) is 6. The molecular weight excluding hydrogens is 461 g/mol. The van der Waals surface area contributed by atoms with E-state index in [4.69, 9.17) is 10.2 Å². The number of nitrogens with two attached hydrogens (primary N) is 1. The molecule has 1 aliphatic rings. The van der Waals surface area contributed by atoms with Gasteiger partial charge in [-0.2, -0.15) is 0 Å². The molecule has 4 aromatic rings. The summed E-state index contributed by atoms with van der Waals surface area (Å²) in [4.78, 5) is 23.6. The highest BCUT2D eigenvalue weighted by Crippen LogP contribution is 2.28. The number of fused-ring (bicyclic) bond motifs is 1. The number of piperidine rings is 1. The second-order valence-electron chi connectivity index (χ2n) is 7.80. The van der Waals surface area contributed by atoms with Gasteiger partial charge in [-0.05, 0) is 41.8 Å². The fourth-order valence-electron chi connectivity index (χ4n) is 4.01. The van der Waals surface area contributed by atoms with Crippen LogP contribution < -0.4 is 16.0 Å². The van der Waals surface area contributed by atoms with E-state index in [0.29, 0.717) is 11.6 Å². The summed E-state index contributed by atoms with van der Waals surface area (Å²) < 4.78 is 5.60. The van der Waals surface area contributed by atoms with Crippen molar-refractivity contribution in [2.45, 2.75) is 18.9 Å². The molecule has 2 aromatic heterocycles. The number of nitrogens with zero attached hydrogens (tertiary/aromatic N) is 3. The van der Waals surface area contributed by atoms with Gasteiger partial charge in [0.05, 0.1) is 17.6 Å². The Morgan fingerprint density at radius 2 is 1.94 bits per heavy atom. The topological polar surface area (TPSA) is 97.3 Å². The molecule has 0 aliphatic carbocycles. The Kier molecular flexibility index (Phi) is 7.92. The highest BCUT2D eigenvalue weighted by Gasteiger charge is 2.21. The van der Waals surface area contributed by atoms with Crippen LogP contribution in [0.3, 0.4) is 0 Å². The van der Waals surface area contributed by atoms with Crippen molar-refractivity contribution in [1.82, 2.24) is 9.97 Å². The fourth-order valence-corrected chi connectivity index (χ4v) is 4.01. The van der Waals surface area contributed by atoms with Crippen molar-refractivity contribution in [1.29, 1.82) is 0 Å². The standard InChI is InChI=1S/C24H23N5O2.2ClH/c25-19-6-3-11-29(14-19)22-9-10-26-13-20(22)27-23(30)21-15-31-24(28-21)18-8-7-16-4-1-2-5-17(16)12-18;;/h1-2,4-5,7-10,12-13,15,19H,3,6,11,14,25H2,(H,27,30);2*1H/t19-;;/m0../s1. The molecule has 3 heterocycles. The fraction of sp³-hybridized carbons (Fsp3) is 0.208. The van der Waals surface area contributed by atoms with E-state index < -0.39 is 0 Å². The molecule has 172 valence electrons. The van der Waals surface area contributed by atoms with Gasteiger partial charge in [0.25, 0.3) is 5.91 Å². The number of rotatable bonds is 4. The van der Waals surface area contributed by atoms with Gasteiger partial charge in [0.1, 0.15) is 6.26 Å². The van der Waals surface area contributed by atoms with Crippen molar-refractivity contribution in [2.75, 3.05) is 23.3 Å². The second-order valence-corrected chi connectivity index (χ2v) is 7.80. The number of halogens is 2. The molecule has 0 radical (unpaired) electrons. The minimum Gasteiger partial charge on any atom is -0.444 e. The molecule has 3 N–H and O–H groups in total. The van der Waals surface area contributed by atoms with Crippen molar-refractivity contribution >= 4 is 52.9 Å². The highest BCUT2D eigenvalue weighted by molar-refractivity contribution is 6.04. The van der Waals surface area contributed by atoms with Crippen molar-refractivity contribution in [2.24, 2.45) is 5.73 Å². The van der Waals surface area contributed by atoms with Gasteiger partial charge < -0.3 is 20.4 Å². The third-order valence-electron chi connectivity index (χ3n) is 5.58. The normalized spacial score (nSPS) is 15.4. The van der Waals surface area contributed by atoms with Crippen LogP contribution in [-0.2, 0) is 0 Å². The third-order valence-corrected chi connectivity index (χ3v) is 5.58. The monoisotopic (exact) mass is 485 g/mol. The van der Waals surface area contributed by atoms with E-state index in [1.165, 1.54) is 6.26 Å². The molecule has 1 atom stereocenters. The number of amides is 1. The van der Waals surface area contributed by atoms with Crippen LogP contribution in [0.4, 0.5) is 11.4 Å². The molecule has 7 nitrogen and oxygen atoms in total. The molecule has 33 heavy (non-hydrogen) atoms. The number of benzene rings is 2. The van der Waals surface area contributed by atoms with Crippen molar-refractivity contribution < 1.29 is 9.21 Å². The van der Waals surface area contributed by atoms with E-state index in [9.17, 15) is 4.79 Å². The average Bonchev–Trinajstić information content (AvgIpc) is 3.30. The summed E-state index contributed by atoms with van der Waals surface area (Å²) in [6, 6.07) is 16.1. The molecule has 2 aromatic carbocycles. The molecule has 0 bridgehead atoms. The summed E-state index contributed by atoms with van der Waals surface area (Å²) in [5.41, 5.74) is 8.72. The van der Waals surface area contributed by atoms with E-state index in [2.05, 4.69) is 20.2 Å². The Balaban J connectivity index is 0.00000153. The van der Waals surface area contributed by atoms with Gasteiger partial charge in [0.2, 0.25) is 5.89 Å². The van der Waals surface area contributed by atoms with Crippen LogP contribution in [0, 0.1) is 0 Å². The van der Waals surface area contributed by atoms with Crippen LogP contribution in [-0.4, -0.2) is 35.0 Å². The minimum atomic E-state index is -0.341. The molecule has 0 unspecified atom stereocenters. The van der Waals surface area contributed by atoms with Crippen LogP contribution in [0.25, 0.3) is 22.2 Å². The van der Waals surface area contributed by atoms with E-state index in [1.54, 1.807) is 12.4 Å². The summed E-state index contributed by atoms with van der Waals surface area (Å²) >= 11 is 0. The summed E-state index contributed by atoms with van der Waals surface area (Å²) in [5, 5.41) is 5.15. The van der Waals surface area contributed by atoms with Crippen molar-refractivity contribution in [3.8, 4) is 11.5 Å². The first-order valence-electron chi connectivity index (χ1n) is 10.4. The average molecular weight is 486 g/mol. The molecule has 5 rings (SSSR count). The molecule has 1 fully saturated rings. The minimum absolute atomic E-state index is 0. The van der Waals surface area contributed by atoms with Gasteiger partial charge >= 0.3 is 0 Å². The van der Waals surface area contributed by atoms with Gasteiger partial charge in [-0.15, -0.1) is 24.8 Å². The Hall–Kier alpha value is -3.13. The van der Waals surface area contributed by atoms with E-state index >= 15 is 0 Å². The van der Waals surface area contributed by atoms with Gasteiger partial charge in [0, 0.05) is 30.9 Å². The Bertz CT molecular complexity index is 1250. The van der Waals surface area contributed by atoms with Crippen molar-refractivity contribution in [3.05, 3.63) is 72.9 Å².